The van der Waals surface area contributed by atoms with Gasteiger partial charge in [0, 0.05) is 13.1 Å². The first kappa shape index (κ1) is 11.8. The number of aromatic nitrogens is 2. The summed E-state index contributed by atoms with van der Waals surface area (Å²) >= 11 is 0. The van der Waals surface area contributed by atoms with E-state index in [9.17, 15) is 0 Å². The lowest BCUT2D eigenvalue weighted by Crippen LogP contribution is -2.25. The van der Waals surface area contributed by atoms with Gasteiger partial charge in [0.2, 0.25) is 0 Å². The molecule has 0 bridgehead atoms. The molecule has 1 aromatic heterocycles. The van der Waals surface area contributed by atoms with Crippen molar-refractivity contribution in [3.8, 4) is 0 Å². The fourth-order valence-electron chi connectivity index (χ4n) is 1.49. The lowest BCUT2D eigenvalue weighted by atomic mass is 10.0. The van der Waals surface area contributed by atoms with Crippen molar-refractivity contribution in [1.82, 2.24) is 9.97 Å². The predicted molar refractivity (Wildman–Crippen MR) is 64.1 cm³/mol. The van der Waals surface area contributed by atoms with Gasteiger partial charge in [-0.15, -0.1) is 0 Å². The van der Waals surface area contributed by atoms with Gasteiger partial charge in [0.25, 0.3) is 0 Å². The molecule has 0 aromatic carbocycles. The zero-order valence-electron chi connectivity index (χ0n) is 9.91. The third kappa shape index (κ3) is 3.38. The van der Waals surface area contributed by atoms with Crippen LogP contribution >= 0.6 is 0 Å². The van der Waals surface area contributed by atoms with Crippen LogP contribution in [0.5, 0.6) is 0 Å². The number of nitrogens with zero attached hydrogens (tertiary/aromatic N) is 2. The highest BCUT2D eigenvalue weighted by Crippen LogP contribution is 2.13. The summed E-state index contributed by atoms with van der Waals surface area (Å²) in [5, 5.41) is 6.36. The van der Waals surface area contributed by atoms with Crippen LogP contribution in [0.25, 0.3) is 0 Å². The Labute approximate surface area is 91.5 Å². The normalized spacial score (nSPS) is 12.6. The predicted octanol–water partition coefficient (Wildman–Crippen LogP) is 2.36. The fourth-order valence-corrected chi connectivity index (χ4v) is 1.49. The van der Waals surface area contributed by atoms with Gasteiger partial charge in [-0.1, -0.05) is 20.8 Å². The Morgan fingerprint density at radius 2 is 1.93 bits per heavy atom. The highest BCUT2D eigenvalue weighted by atomic mass is 15.1. The van der Waals surface area contributed by atoms with Gasteiger partial charge in [-0.3, -0.25) is 4.98 Å². The molecule has 1 unspecified atom stereocenters. The van der Waals surface area contributed by atoms with Crippen LogP contribution in [0.2, 0.25) is 0 Å². The Morgan fingerprint density at radius 3 is 2.47 bits per heavy atom. The minimum Gasteiger partial charge on any atom is -0.372 e. The van der Waals surface area contributed by atoms with Crippen LogP contribution < -0.4 is 10.6 Å². The lowest BCUT2D eigenvalue weighted by Gasteiger charge is -2.21. The first-order valence-electron chi connectivity index (χ1n) is 5.43. The number of hydrogen-bond donors (Lipinski definition) is 2. The molecule has 0 aliphatic rings. The molecule has 0 fully saturated rings. The standard InChI is InChI=1S/C11H20N4/c1-5-9(8(2)3)14-11-7-13-6-10(12-4)15-11/h6-9H,5H2,1-4H3,(H2,12,14,15). The lowest BCUT2D eigenvalue weighted by molar-refractivity contribution is 0.509. The maximum Gasteiger partial charge on any atom is 0.147 e. The largest absolute Gasteiger partial charge is 0.372 e. The van der Waals surface area contributed by atoms with Crippen molar-refractivity contribution in [2.45, 2.75) is 33.2 Å². The molecule has 1 aromatic rings. The molecular weight excluding hydrogens is 188 g/mol. The molecule has 0 radical (unpaired) electrons. The van der Waals surface area contributed by atoms with Crippen molar-refractivity contribution in [3.05, 3.63) is 12.4 Å². The average molecular weight is 208 g/mol. The molecular formula is C11H20N4. The summed E-state index contributed by atoms with van der Waals surface area (Å²) in [4.78, 5) is 8.49. The van der Waals surface area contributed by atoms with E-state index < -0.39 is 0 Å². The third-order valence-electron chi connectivity index (χ3n) is 2.47. The maximum absolute atomic E-state index is 4.38. The molecule has 15 heavy (non-hydrogen) atoms. The Balaban J connectivity index is 2.70. The molecule has 1 atom stereocenters. The molecule has 1 heterocycles. The summed E-state index contributed by atoms with van der Waals surface area (Å²) in [6.07, 6.45) is 4.55. The van der Waals surface area contributed by atoms with Crippen LogP contribution in [0.1, 0.15) is 27.2 Å². The van der Waals surface area contributed by atoms with E-state index in [1.54, 1.807) is 12.4 Å². The minimum absolute atomic E-state index is 0.450. The summed E-state index contributed by atoms with van der Waals surface area (Å²) < 4.78 is 0. The molecule has 0 aliphatic heterocycles. The van der Waals surface area contributed by atoms with Crippen LogP contribution in [0.4, 0.5) is 11.6 Å². The summed E-state index contributed by atoms with van der Waals surface area (Å²) in [7, 11) is 1.84. The van der Waals surface area contributed by atoms with E-state index >= 15 is 0 Å². The van der Waals surface area contributed by atoms with Crippen LogP contribution in [0.15, 0.2) is 12.4 Å². The summed E-state index contributed by atoms with van der Waals surface area (Å²) in [6.45, 7) is 6.58. The first-order chi connectivity index (χ1) is 7.17. The van der Waals surface area contributed by atoms with E-state index in [0.29, 0.717) is 12.0 Å². The second-order valence-corrected chi connectivity index (χ2v) is 3.94. The van der Waals surface area contributed by atoms with Gasteiger partial charge in [-0.05, 0) is 12.3 Å². The van der Waals surface area contributed by atoms with Crippen molar-refractivity contribution in [3.63, 3.8) is 0 Å². The Morgan fingerprint density at radius 1 is 1.27 bits per heavy atom. The van der Waals surface area contributed by atoms with Crippen molar-refractivity contribution >= 4 is 11.6 Å². The van der Waals surface area contributed by atoms with E-state index in [0.717, 1.165) is 18.1 Å². The Kier molecular flexibility index (Phi) is 4.34. The van der Waals surface area contributed by atoms with Gasteiger partial charge in [-0.25, -0.2) is 4.98 Å². The number of rotatable bonds is 5. The summed E-state index contributed by atoms with van der Waals surface area (Å²) in [6, 6.07) is 0.450. The van der Waals surface area contributed by atoms with Crippen molar-refractivity contribution < 1.29 is 0 Å². The fraction of sp³-hybridized carbons (Fsp3) is 0.636. The monoisotopic (exact) mass is 208 g/mol. The highest BCUT2D eigenvalue weighted by molar-refractivity contribution is 5.41. The van der Waals surface area contributed by atoms with Crippen LogP contribution in [-0.4, -0.2) is 23.1 Å². The summed E-state index contributed by atoms with van der Waals surface area (Å²) in [5.41, 5.74) is 0. The quantitative estimate of drug-likeness (QED) is 0.780. The van der Waals surface area contributed by atoms with Gasteiger partial charge in [0.15, 0.2) is 0 Å². The van der Waals surface area contributed by atoms with E-state index in [-0.39, 0.29) is 0 Å². The molecule has 4 nitrogen and oxygen atoms in total. The van der Waals surface area contributed by atoms with Crippen LogP contribution in [-0.2, 0) is 0 Å². The zero-order chi connectivity index (χ0) is 11.3. The zero-order valence-corrected chi connectivity index (χ0v) is 9.91. The average Bonchev–Trinajstić information content (AvgIpc) is 2.25. The molecule has 84 valence electrons. The minimum atomic E-state index is 0.450. The van der Waals surface area contributed by atoms with Gasteiger partial charge >= 0.3 is 0 Å². The van der Waals surface area contributed by atoms with Crippen LogP contribution in [0, 0.1) is 5.92 Å². The maximum atomic E-state index is 4.38. The SMILES string of the molecule is CCC(Nc1cncc(NC)n1)C(C)C. The second kappa shape index (κ2) is 5.53. The number of hydrogen-bond acceptors (Lipinski definition) is 4. The first-order valence-corrected chi connectivity index (χ1v) is 5.43. The molecule has 0 spiro atoms. The number of anilines is 2. The van der Waals surface area contributed by atoms with Gasteiger partial charge in [0.05, 0.1) is 12.4 Å². The van der Waals surface area contributed by atoms with E-state index in [4.69, 9.17) is 0 Å². The molecule has 1 rings (SSSR count). The molecule has 4 heteroatoms. The van der Waals surface area contributed by atoms with E-state index in [1.165, 1.54) is 0 Å². The topological polar surface area (TPSA) is 49.8 Å². The molecule has 2 N–H and O–H groups in total. The van der Waals surface area contributed by atoms with Crippen molar-refractivity contribution in [2.75, 3.05) is 17.7 Å². The second-order valence-electron chi connectivity index (χ2n) is 3.94. The van der Waals surface area contributed by atoms with Gasteiger partial charge in [-0.2, -0.15) is 0 Å². The third-order valence-corrected chi connectivity index (χ3v) is 2.47. The van der Waals surface area contributed by atoms with Gasteiger partial charge < -0.3 is 10.6 Å². The number of nitrogens with one attached hydrogen (secondary N) is 2. The molecule has 0 saturated carbocycles. The highest BCUT2D eigenvalue weighted by Gasteiger charge is 2.11. The summed E-state index contributed by atoms with van der Waals surface area (Å²) in [5.74, 6) is 2.22. The van der Waals surface area contributed by atoms with E-state index in [2.05, 4.69) is 41.4 Å². The van der Waals surface area contributed by atoms with E-state index in [1.807, 2.05) is 7.05 Å². The van der Waals surface area contributed by atoms with Gasteiger partial charge in [0.1, 0.15) is 11.6 Å². The smallest absolute Gasteiger partial charge is 0.147 e. The van der Waals surface area contributed by atoms with Crippen molar-refractivity contribution in [1.29, 1.82) is 0 Å². The molecule has 0 aliphatic carbocycles. The molecule has 0 saturated heterocycles. The van der Waals surface area contributed by atoms with Crippen molar-refractivity contribution in [2.24, 2.45) is 5.92 Å². The Hall–Kier alpha value is -1.32. The molecule has 0 amide bonds. The Bertz CT molecular complexity index is 298. The van der Waals surface area contributed by atoms with Crippen LogP contribution in [0.3, 0.4) is 0 Å².